The lowest BCUT2D eigenvalue weighted by molar-refractivity contribution is 0.617. The zero-order valence-corrected chi connectivity index (χ0v) is 10.3. The Bertz CT molecular complexity index is 993. The van der Waals surface area contributed by atoms with Crippen molar-refractivity contribution < 1.29 is 4.42 Å². The Hall–Kier alpha value is -3.02. The van der Waals surface area contributed by atoms with Crippen molar-refractivity contribution in [1.82, 2.24) is 14.6 Å². The molecule has 4 rings (SSSR count). The van der Waals surface area contributed by atoms with E-state index in [-0.39, 0.29) is 5.56 Å². The maximum absolute atomic E-state index is 12.0. The monoisotopic (exact) mass is 266 g/mol. The third kappa shape index (κ3) is 1.45. The smallest absolute Gasteiger partial charge is 0.273 e. The third-order valence-electron chi connectivity index (χ3n) is 3.23. The fourth-order valence-electron chi connectivity index (χ4n) is 2.32. The molecule has 6 nitrogen and oxygen atoms in total. The maximum Gasteiger partial charge on any atom is 0.273 e. The number of nitrogens with one attached hydrogen (secondary N) is 1. The highest BCUT2D eigenvalue weighted by Gasteiger charge is 2.12. The second-order valence-corrected chi connectivity index (χ2v) is 4.53. The first-order chi connectivity index (χ1) is 9.72. The predicted octanol–water partition coefficient (Wildman–Crippen LogP) is 2.02. The van der Waals surface area contributed by atoms with E-state index in [4.69, 9.17) is 10.2 Å². The van der Waals surface area contributed by atoms with Gasteiger partial charge in [0.1, 0.15) is 17.7 Å². The fraction of sp³-hybridized carbons (Fsp3) is 0. The molecule has 0 spiro atoms. The van der Waals surface area contributed by atoms with E-state index in [0.29, 0.717) is 17.2 Å². The van der Waals surface area contributed by atoms with Crippen LogP contribution in [0.1, 0.15) is 0 Å². The molecular weight excluding hydrogens is 256 g/mol. The van der Waals surface area contributed by atoms with Gasteiger partial charge in [-0.15, -0.1) is 0 Å². The summed E-state index contributed by atoms with van der Waals surface area (Å²) in [6.07, 6.45) is 1.61. The molecule has 0 aliphatic heterocycles. The number of furan rings is 1. The molecule has 0 saturated heterocycles. The van der Waals surface area contributed by atoms with Gasteiger partial charge in [-0.05, 0) is 6.07 Å². The summed E-state index contributed by atoms with van der Waals surface area (Å²) in [7, 11) is 0. The number of nitrogens with two attached hydrogens (primary N) is 1. The molecule has 98 valence electrons. The number of rotatable bonds is 1. The lowest BCUT2D eigenvalue weighted by Crippen LogP contribution is -2.14. The number of aromatic amines is 1. The summed E-state index contributed by atoms with van der Waals surface area (Å²) in [5.41, 5.74) is 8.03. The van der Waals surface area contributed by atoms with Gasteiger partial charge in [0.2, 0.25) is 0 Å². The fourth-order valence-corrected chi connectivity index (χ4v) is 2.32. The number of nitrogen functional groups attached to an aromatic ring is 1. The molecule has 0 aliphatic rings. The van der Waals surface area contributed by atoms with Gasteiger partial charge >= 0.3 is 0 Å². The molecule has 0 aliphatic carbocycles. The molecule has 0 radical (unpaired) electrons. The van der Waals surface area contributed by atoms with E-state index in [2.05, 4.69) is 10.1 Å². The minimum atomic E-state index is -0.216. The third-order valence-corrected chi connectivity index (χ3v) is 3.23. The number of fused-ring (bicyclic) bond motifs is 2. The quantitative estimate of drug-likeness (QED) is 0.551. The Kier molecular flexibility index (Phi) is 2.03. The number of H-pyrrole nitrogens is 1. The largest absolute Gasteiger partial charge is 0.464 e. The second kappa shape index (κ2) is 3.74. The number of hydrogen-bond donors (Lipinski definition) is 2. The van der Waals surface area contributed by atoms with Gasteiger partial charge in [-0.3, -0.25) is 9.89 Å². The summed E-state index contributed by atoms with van der Waals surface area (Å²) in [5.74, 6) is 0.392. The normalized spacial score (nSPS) is 11.4. The first-order valence-corrected chi connectivity index (χ1v) is 6.07. The second-order valence-electron chi connectivity index (χ2n) is 4.53. The average Bonchev–Trinajstić information content (AvgIpc) is 3.01. The molecule has 0 amide bonds. The first-order valence-electron chi connectivity index (χ1n) is 6.07. The van der Waals surface area contributed by atoms with Crippen LogP contribution in [0.5, 0.6) is 0 Å². The minimum absolute atomic E-state index is 0.216. The number of benzene rings is 1. The van der Waals surface area contributed by atoms with Crippen molar-refractivity contribution in [3.63, 3.8) is 0 Å². The van der Waals surface area contributed by atoms with Crippen molar-refractivity contribution >= 4 is 22.4 Å². The number of nitrogens with zero attached hydrogens (tertiary/aromatic N) is 2. The minimum Gasteiger partial charge on any atom is -0.464 e. The van der Waals surface area contributed by atoms with Gasteiger partial charge in [0, 0.05) is 23.1 Å². The molecule has 0 bridgehead atoms. The van der Waals surface area contributed by atoms with Crippen LogP contribution in [-0.4, -0.2) is 14.6 Å². The Balaban J connectivity index is 2.04. The van der Waals surface area contributed by atoms with Crippen LogP contribution in [0.4, 0.5) is 5.82 Å². The Morgan fingerprint density at radius 2 is 2.10 bits per heavy atom. The molecule has 0 saturated carbocycles. The molecule has 6 heteroatoms. The Morgan fingerprint density at radius 3 is 3.00 bits per heavy atom. The topological polar surface area (TPSA) is 89.3 Å². The summed E-state index contributed by atoms with van der Waals surface area (Å²) >= 11 is 0. The van der Waals surface area contributed by atoms with Gasteiger partial charge in [0.15, 0.2) is 5.65 Å². The predicted molar refractivity (Wildman–Crippen MR) is 75.4 cm³/mol. The zero-order chi connectivity index (χ0) is 13.7. The lowest BCUT2D eigenvalue weighted by Gasteiger charge is -1.98. The Morgan fingerprint density at radius 1 is 1.25 bits per heavy atom. The molecule has 20 heavy (non-hydrogen) atoms. The molecule has 3 heterocycles. The average molecular weight is 266 g/mol. The first kappa shape index (κ1) is 10.9. The van der Waals surface area contributed by atoms with Gasteiger partial charge in [-0.1, -0.05) is 18.2 Å². The van der Waals surface area contributed by atoms with Crippen LogP contribution in [-0.2, 0) is 0 Å². The molecule has 0 atom stereocenters. The van der Waals surface area contributed by atoms with Crippen molar-refractivity contribution in [1.29, 1.82) is 0 Å². The molecule has 0 unspecified atom stereocenters. The summed E-state index contributed by atoms with van der Waals surface area (Å²) in [5, 5.41) is 3.66. The summed E-state index contributed by atoms with van der Waals surface area (Å²) in [4.78, 5) is 16.5. The van der Waals surface area contributed by atoms with Crippen molar-refractivity contribution in [2.45, 2.75) is 0 Å². The lowest BCUT2D eigenvalue weighted by atomic mass is 10.1. The highest BCUT2D eigenvalue weighted by Crippen LogP contribution is 2.28. The highest BCUT2D eigenvalue weighted by atomic mass is 16.3. The van der Waals surface area contributed by atoms with E-state index in [1.165, 1.54) is 10.6 Å². The number of para-hydroxylation sites is 1. The van der Waals surface area contributed by atoms with Crippen LogP contribution in [0.15, 0.2) is 51.9 Å². The van der Waals surface area contributed by atoms with Crippen LogP contribution >= 0.6 is 0 Å². The van der Waals surface area contributed by atoms with Crippen molar-refractivity contribution in [3.8, 4) is 11.3 Å². The molecule has 3 aromatic heterocycles. The van der Waals surface area contributed by atoms with E-state index in [1.807, 2.05) is 24.3 Å². The van der Waals surface area contributed by atoms with E-state index in [1.54, 1.807) is 12.3 Å². The molecular formula is C14H10N4O2. The maximum atomic E-state index is 12.0. The SMILES string of the molecule is Nc1cc2nc(-c3coc4ccccc34)cc(=O)n2[nH]1. The molecule has 0 fully saturated rings. The van der Waals surface area contributed by atoms with E-state index >= 15 is 0 Å². The summed E-state index contributed by atoms with van der Waals surface area (Å²) < 4.78 is 6.79. The van der Waals surface area contributed by atoms with Crippen molar-refractivity contribution in [2.75, 3.05) is 5.73 Å². The van der Waals surface area contributed by atoms with Gasteiger partial charge < -0.3 is 10.2 Å². The Labute approximate surface area is 112 Å². The molecule has 1 aromatic carbocycles. The highest BCUT2D eigenvalue weighted by molar-refractivity contribution is 5.93. The van der Waals surface area contributed by atoms with E-state index < -0.39 is 0 Å². The standard InChI is InChI=1S/C14H10N4O2/c15-12-6-13-16-10(5-14(19)18(13)17-12)9-7-20-11-4-2-1-3-8(9)11/h1-7,17H,15H2. The van der Waals surface area contributed by atoms with E-state index in [0.717, 1.165) is 16.5 Å². The molecule has 3 N–H and O–H groups in total. The van der Waals surface area contributed by atoms with Crippen LogP contribution in [0, 0.1) is 0 Å². The summed E-state index contributed by atoms with van der Waals surface area (Å²) in [6, 6.07) is 10.7. The van der Waals surface area contributed by atoms with E-state index in [9.17, 15) is 4.79 Å². The number of hydrogen-bond acceptors (Lipinski definition) is 4. The van der Waals surface area contributed by atoms with Gasteiger partial charge in [0.05, 0.1) is 5.69 Å². The van der Waals surface area contributed by atoms with Crippen LogP contribution in [0.3, 0.4) is 0 Å². The number of aromatic nitrogens is 3. The number of anilines is 1. The van der Waals surface area contributed by atoms with Crippen molar-refractivity contribution in [3.05, 3.63) is 53.0 Å². The zero-order valence-electron chi connectivity index (χ0n) is 10.3. The van der Waals surface area contributed by atoms with Gasteiger partial charge in [-0.25, -0.2) is 4.98 Å². The van der Waals surface area contributed by atoms with Crippen molar-refractivity contribution in [2.24, 2.45) is 0 Å². The van der Waals surface area contributed by atoms with Gasteiger partial charge in [-0.2, -0.15) is 4.52 Å². The summed E-state index contributed by atoms with van der Waals surface area (Å²) in [6.45, 7) is 0. The van der Waals surface area contributed by atoms with Crippen LogP contribution < -0.4 is 11.3 Å². The molecule has 4 aromatic rings. The van der Waals surface area contributed by atoms with Gasteiger partial charge in [0.25, 0.3) is 5.56 Å². The van der Waals surface area contributed by atoms with Crippen LogP contribution in [0.25, 0.3) is 27.9 Å². The van der Waals surface area contributed by atoms with Crippen LogP contribution in [0.2, 0.25) is 0 Å².